The lowest BCUT2D eigenvalue weighted by atomic mass is 10.0. The van der Waals surface area contributed by atoms with Gasteiger partial charge in [-0.05, 0) is 73.2 Å². The molecule has 11 nitrogen and oxygen atoms in total. The molecule has 11 heteroatoms. The number of aromatic hydroxyl groups is 1. The molecule has 45 heavy (non-hydrogen) atoms. The van der Waals surface area contributed by atoms with Crippen molar-refractivity contribution >= 4 is 23.6 Å². The van der Waals surface area contributed by atoms with Crippen LogP contribution in [0.2, 0.25) is 0 Å². The number of ether oxygens (including phenoxy) is 2. The molecule has 0 aliphatic carbocycles. The van der Waals surface area contributed by atoms with Crippen LogP contribution in [0.4, 0.5) is 0 Å². The van der Waals surface area contributed by atoms with Crippen LogP contribution < -0.4 is 30.7 Å². The number of hydrogen-bond donors (Lipinski definition) is 5. The van der Waals surface area contributed by atoms with E-state index < -0.39 is 29.8 Å². The van der Waals surface area contributed by atoms with Gasteiger partial charge in [0.25, 0.3) is 5.91 Å². The van der Waals surface area contributed by atoms with Crippen LogP contribution in [0, 0.1) is 0 Å². The van der Waals surface area contributed by atoms with Crippen LogP contribution in [0.1, 0.15) is 47.2 Å². The van der Waals surface area contributed by atoms with Crippen LogP contribution in [0.15, 0.2) is 72.8 Å². The van der Waals surface area contributed by atoms with Gasteiger partial charge in [-0.3, -0.25) is 19.2 Å². The lowest BCUT2D eigenvalue weighted by Crippen LogP contribution is -2.50. The standard InChI is InChI=1S/C34H40N4O7/c1-44-26-9-4-7-23(21-26)8-5-18-35-33(42)28-16-17-31(40)37-29(22-24-12-14-25(39)15-13-24)34(43)36-19-6-20-45-30-11-3-2-10-27(30)32(41)38-28/h2-4,7,9-15,21,28-29,39H,5-6,8,16-20,22H2,1H3,(H,35,42)(H,36,43)(H,37,40)(H,38,41)/t28-,29-/m0/s1. The van der Waals surface area contributed by atoms with Crippen molar-refractivity contribution in [2.75, 3.05) is 26.8 Å². The molecule has 0 bridgehead atoms. The van der Waals surface area contributed by atoms with E-state index in [1.165, 1.54) is 12.1 Å². The van der Waals surface area contributed by atoms with Crippen LogP contribution in [-0.2, 0) is 27.2 Å². The number of hydrogen-bond acceptors (Lipinski definition) is 7. The van der Waals surface area contributed by atoms with Crippen LogP contribution in [0.25, 0.3) is 0 Å². The Balaban J connectivity index is 1.46. The first-order valence-electron chi connectivity index (χ1n) is 15.1. The molecule has 5 N–H and O–H groups in total. The topological polar surface area (TPSA) is 155 Å². The van der Waals surface area contributed by atoms with Gasteiger partial charge in [0.15, 0.2) is 0 Å². The Hall–Kier alpha value is -5.06. The second-order valence-electron chi connectivity index (χ2n) is 10.8. The molecule has 0 aromatic heterocycles. The second-order valence-corrected chi connectivity index (χ2v) is 10.8. The van der Waals surface area contributed by atoms with E-state index in [1.54, 1.807) is 43.5 Å². The zero-order valence-electron chi connectivity index (χ0n) is 25.3. The summed E-state index contributed by atoms with van der Waals surface area (Å²) in [4.78, 5) is 52.8. The Kier molecular flexibility index (Phi) is 12.2. The van der Waals surface area contributed by atoms with Crippen molar-refractivity contribution < 1.29 is 33.8 Å². The number of aryl methyl sites for hydroxylation is 1. The van der Waals surface area contributed by atoms with Gasteiger partial charge in [0.1, 0.15) is 29.3 Å². The molecule has 238 valence electrons. The van der Waals surface area contributed by atoms with Crippen LogP contribution in [0.3, 0.4) is 0 Å². The van der Waals surface area contributed by atoms with E-state index in [2.05, 4.69) is 21.3 Å². The van der Waals surface area contributed by atoms with Gasteiger partial charge >= 0.3 is 0 Å². The third-order valence-electron chi connectivity index (χ3n) is 7.39. The molecule has 0 fully saturated rings. The molecule has 3 aromatic carbocycles. The number of para-hydroxylation sites is 1. The molecule has 1 aliphatic rings. The fourth-order valence-electron chi connectivity index (χ4n) is 4.95. The molecule has 0 radical (unpaired) electrons. The molecule has 0 spiro atoms. The molecule has 4 rings (SSSR count). The average Bonchev–Trinajstić information content (AvgIpc) is 3.05. The summed E-state index contributed by atoms with van der Waals surface area (Å²) in [5.41, 5.74) is 2.09. The van der Waals surface area contributed by atoms with Gasteiger partial charge in [0, 0.05) is 25.9 Å². The lowest BCUT2D eigenvalue weighted by molar-refractivity contribution is -0.129. The van der Waals surface area contributed by atoms with Crippen molar-refractivity contribution in [1.29, 1.82) is 0 Å². The van der Waals surface area contributed by atoms with E-state index in [0.717, 1.165) is 16.9 Å². The van der Waals surface area contributed by atoms with E-state index in [0.29, 0.717) is 38.1 Å². The van der Waals surface area contributed by atoms with Crippen molar-refractivity contribution in [2.45, 2.75) is 50.6 Å². The number of methoxy groups -OCH3 is 1. The smallest absolute Gasteiger partial charge is 0.255 e. The molecular formula is C34H40N4O7. The predicted molar refractivity (Wildman–Crippen MR) is 168 cm³/mol. The largest absolute Gasteiger partial charge is 0.508 e. The maximum atomic E-state index is 13.3. The molecule has 1 aliphatic heterocycles. The van der Waals surface area contributed by atoms with Crippen molar-refractivity contribution in [3.05, 3.63) is 89.5 Å². The average molecular weight is 617 g/mol. The maximum Gasteiger partial charge on any atom is 0.255 e. The number of carbonyl (C=O) groups excluding carboxylic acids is 4. The highest BCUT2D eigenvalue weighted by atomic mass is 16.5. The van der Waals surface area contributed by atoms with Crippen LogP contribution in [0.5, 0.6) is 17.2 Å². The second kappa shape index (κ2) is 16.7. The Labute approximate surface area is 262 Å². The molecule has 2 atom stereocenters. The lowest BCUT2D eigenvalue weighted by Gasteiger charge is -2.22. The molecule has 0 saturated carbocycles. The minimum atomic E-state index is -1.01. The first-order chi connectivity index (χ1) is 21.8. The van der Waals surface area contributed by atoms with Crippen molar-refractivity contribution in [3.8, 4) is 17.2 Å². The van der Waals surface area contributed by atoms with Gasteiger partial charge in [-0.15, -0.1) is 0 Å². The summed E-state index contributed by atoms with van der Waals surface area (Å²) < 4.78 is 11.1. The van der Waals surface area contributed by atoms with E-state index in [4.69, 9.17) is 9.47 Å². The number of nitrogens with one attached hydrogen (secondary N) is 4. The Bertz CT molecular complexity index is 1460. The summed E-state index contributed by atoms with van der Waals surface area (Å²) in [6.45, 7) is 0.898. The minimum Gasteiger partial charge on any atom is -0.508 e. The molecule has 0 unspecified atom stereocenters. The van der Waals surface area contributed by atoms with Gasteiger partial charge in [-0.1, -0.05) is 36.4 Å². The highest BCUT2D eigenvalue weighted by Gasteiger charge is 2.26. The van der Waals surface area contributed by atoms with Gasteiger partial charge in [0.2, 0.25) is 17.7 Å². The normalized spacial score (nSPS) is 17.9. The number of amides is 4. The van der Waals surface area contributed by atoms with Crippen LogP contribution in [-0.4, -0.2) is 67.6 Å². The van der Waals surface area contributed by atoms with Crippen molar-refractivity contribution in [1.82, 2.24) is 21.3 Å². The van der Waals surface area contributed by atoms with E-state index in [9.17, 15) is 24.3 Å². The minimum absolute atomic E-state index is 0.00978. The van der Waals surface area contributed by atoms with Gasteiger partial charge in [0.05, 0.1) is 19.3 Å². The van der Waals surface area contributed by atoms with Gasteiger partial charge in [-0.2, -0.15) is 0 Å². The fraction of sp³-hybridized carbons (Fsp3) is 0.353. The summed E-state index contributed by atoms with van der Waals surface area (Å²) in [6.07, 6.45) is 1.93. The van der Waals surface area contributed by atoms with Crippen LogP contribution >= 0.6 is 0 Å². The van der Waals surface area contributed by atoms with Crippen molar-refractivity contribution in [3.63, 3.8) is 0 Å². The number of fused-ring (bicyclic) bond motifs is 1. The third-order valence-corrected chi connectivity index (χ3v) is 7.39. The Morgan fingerprint density at radius 1 is 1.00 bits per heavy atom. The first kappa shape index (κ1) is 32.8. The number of phenolic OH excluding ortho intramolecular Hbond substituents is 1. The highest BCUT2D eigenvalue weighted by Crippen LogP contribution is 2.19. The molecule has 3 aromatic rings. The van der Waals surface area contributed by atoms with E-state index in [1.807, 2.05) is 24.3 Å². The third kappa shape index (κ3) is 10.3. The first-order valence-corrected chi connectivity index (χ1v) is 15.1. The zero-order chi connectivity index (χ0) is 32.0. The number of benzene rings is 3. The fourth-order valence-corrected chi connectivity index (χ4v) is 4.95. The highest BCUT2D eigenvalue weighted by molar-refractivity contribution is 5.99. The van der Waals surface area contributed by atoms with Gasteiger partial charge in [-0.25, -0.2) is 0 Å². The monoisotopic (exact) mass is 616 g/mol. The molecule has 1 heterocycles. The van der Waals surface area contributed by atoms with Gasteiger partial charge < -0.3 is 35.8 Å². The molecule has 0 saturated heterocycles. The van der Waals surface area contributed by atoms with E-state index >= 15 is 0 Å². The van der Waals surface area contributed by atoms with Crippen molar-refractivity contribution in [2.24, 2.45) is 0 Å². The summed E-state index contributed by atoms with van der Waals surface area (Å²) >= 11 is 0. The SMILES string of the molecule is COc1cccc(CCCNC(=O)[C@@H]2CCC(=O)N[C@@H](Cc3ccc(O)cc3)C(=O)NCCCOc3ccccc3C(=O)N2)c1. The summed E-state index contributed by atoms with van der Waals surface area (Å²) in [6, 6.07) is 18.9. The summed E-state index contributed by atoms with van der Waals surface area (Å²) in [5.74, 6) is -0.492. The number of phenols is 1. The Morgan fingerprint density at radius 3 is 2.60 bits per heavy atom. The Morgan fingerprint density at radius 2 is 1.80 bits per heavy atom. The predicted octanol–water partition coefficient (Wildman–Crippen LogP) is 2.65. The molecule has 4 amide bonds. The summed E-state index contributed by atoms with van der Waals surface area (Å²) in [5, 5.41) is 20.9. The van der Waals surface area contributed by atoms with E-state index in [-0.39, 0.29) is 43.1 Å². The maximum absolute atomic E-state index is 13.3. The number of rotatable bonds is 8. The zero-order valence-corrected chi connectivity index (χ0v) is 25.3. The molecular weight excluding hydrogens is 576 g/mol. The number of carbonyl (C=O) groups is 4. The summed E-state index contributed by atoms with van der Waals surface area (Å²) in [7, 11) is 1.61. The quantitative estimate of drug-likeness (QED) is 0.244.